The molecule has 1 amide bonds. The van der Waals surface area contributed by atoms with Gasteiger partial charge in [-0.15, -0.1) is 10.2 Å². The monoisotopic (exact) mass is 390 g/mol. The predicted octanol–water partition coefficient (Wildman–Crippen LogP) is 3.42. The van der Waals surface area contributed by atoms with Crippen molar-refractivity contribution >= 4 is 23.4 Å². The van der Waals surface area contributed by atoms with Crippen LogP contribution >= 0.6 is 11.8 Å². The van der Waals surface area contributed by atoms with E-state index in [0.29, 0.717) is 11.0 Å². The van der Waals surface area contributed by atoms with Gasteiger partial charge in [0, 0.05) is 24.6 Å². The maximum Gasteiger partial charge on any atom is 0.234 e. The van der Waals surface area contributed by atoms with Gasteiger partial charge in [-0.1, -0.05) is 30.0 Å². The molecule has 1 N–H and O–H groups in total. The van der Waals surface area contributed by atoms with Gasteiger partial charge in [-0.3, -0.25) is 9.36 Å². The number of carbonyl (C=O) groups excluding carboxylic acids is 1. The third-order valence-electron chi connectivity index (χ3n) is 3.52. The highest BCUT2D eigenvalue weighted by molar-refractivity contribution is 7.99. The number of hydrogen-bond acceptors (Lipinski definition) is 5. The van der Waals surface area contributed by atoms with E-state index in [1.165, 1.54) is 17.8 Å². The largest absolute Gasteiger partial charge is 0.377 e. The number of para-hydroxylation sites is 1. The fourth-order valence-electron chi connectivity index (χ4n) is 2.35. The molecule has 0 saturated carbocycles. The number of carbonyl (C=O) groups is 1. The van der Waals surface area contributed by atoms with Crippen LogP contribution < -0.4 is 5.32 Å². The molecule has 0 bridgehead atoms. The summed E-state index contributed by atoms with van der Waals surface area (Å²) >= 11 is 1.18. The Labute approximate surface area is 158 Å². The van der Waals surface area contributed by atoms with Gasteiger partial charge >= 0.3 is 0 Å². The van der Waals surface area contributed by atoms with Crippen molar-refractivity contribution in [3.63, 3.8) is 0 Å². The maximum absolute atomic E-state index is 13.2. The van der Waals surface area contributed by atoms with E-state index in [1.807, 2.05) is 30.3 Å². The van der Waals surface area contributed by atoms with Crippen LogP contribution in [0.3, 0.4) is 0 Å². The van der Waals surface area contributed by atoms with E-state index in [9.17, 15) is 13.6 Å². The molecule has 3 rings (SSSR count). The number of thioether (sulfide) groups is 1. The van der Waals surface area contributed by atoms with Gasteiger partial charge in [-0.25, -0.2) is 8.78 Å². The van der Waals surface area contributed by atoms with Gasteiger partial charge in [-0.2, -0.15) is 0 Å². The van der Waals surface area contributed by atoms with Crippen molar-refractivity contribution in [2.45, 2.75) is 11.8 Å². The Hall–Kier alpha value is -2.78. The molecule has 0 atom stereocenters. The fraction of sp³-hybridized carbons (Fsp3) is 0.167. The molecule has 0 fully saturated rings. The first-order valence-corrected chi connectivity index (χ1v) is 8.93. The van der Waals surface area contributed by atoms with Gasteiger partial charge in [-0.05, 0) is 24.3 Å². The number of amides is 1. The normalized spacial score (nSPS) is 10.8. The molecule has 0 aliphatic carbocycles. The highest BCUT2D eigenvalue weighted by Gasteiger charge is 2.16. The number of rotatable bonds is 7. The van der Waals surface area contributed by atoms with Crippen molar-refractivity contribution in [2.24, 2.45) is 0 Å². The second-order valence-corrected chi connectivity index (χ2v) is 6.41. The van der Waals surface area contributed by atoms with Crippen LogP contribution in [0.4, 0.5) is 14.5 Å². The Morgan fingerprint density at radius 1 is 1.15 bits per heavy atom. The van der Waals surface area contributed by atoms with Crippen molar-refractivity contribution in [3.05, 3.63) is 66.0 Å². The molecule has 2 aromatic carbocycles. The van der Waals surface area contributed by atoms with Crippen LogP contribution in [0.5, 0.6) is 0 Å². The van der Waals surface area contributed by atoms with Crippen LogP contribution in [-0.4, -0.2) is 33.5 Å². The smallest absolute Gasteiger partial charge is 0.234 e. The van der Waals surface area contributed by atoms with Crippen LogP contribution in [0.25, 0.3) is 5.69 Å². The van der Waals surface area contributed by atoms with Gasteiger partial charge in [0.15, 0.2) is 22.6 Å². The van der Waals surface area contributed by atoms with Gasteiger partial charge in [0.1, 0.15) is 6.61 Å². The molecule has 140 valence electrons. The zero-order valence-corrected chi connectivity index (χ0v) is 15.2. The molecular formula is C18H16F2N4O2S. The number of halogens is 2. The third-order valence-corrected chi connectivity index (χ3v) is 4.45. The van der Waals surface area contributed by atoms with Crippen molar-refractivity contribution in [1.82, 2.24) is 14.8 Å². The van der Waals surface area contributed by atoms with Crippen LogP contribution in [0.1, 0.15) is 5.82 Å². The first-order valence-electron chi connectivity index (χ1n) is 7.95. The molecule has 0 saturated heterocycles. The van der Waals surface area contributed by atoms with Crippen LogP contribution in [0, 0.1) is 11.6 Å². The molecule has 27 heavy (non-hydrogen) atoms. The summed E-state index contributed by atoms with van der Waals surface area (Å²) in [4.78, 5) is 12.1. The summed E-state index contributed by atoms with van der Waals surface area (Å²) in [5.41, 5.74) is 1.03. The Morgan fingerprint density at radius 2 is 1.93 bits per heavy atom. The number of nitrogens with one attached hydrogen (secondary N) is 1. The van der Waals surface area contributed by atoms with Gasteiger partial charge < -0.3 is 10.1 Å². The quantitative estimate of drug-likeness (QED) is 0.626. The zero-order chi connectivity index (χ0) is 19.2. The highest BCUT2D eigenvalue weighted by atomic mass is 32.2. The zero-order valence-electron chi connectivity index (χ0n) is 14.4. The Balaban J connectivity index is 1.72. The molecular weight excluding hydrogens is 374 g/mol. The lowest BCUT2D eigenvalue weighted by molar-refractivity contribution is -0.113. The fourth-order valence-corrected chi connectivity index (χ4v) is 3.12. The first kappa shape index (κ1) is 19.0. The summed E-state index contributed by atoms with van der Waals surface area (Å²) < 4.78 is 33.1. The predicted molar refractivity (Wildman–Crippen MR) is 97.8 cm³/mol. The Bertz CT molecular complexity index is 934. The molecule has 1 heterocycles. The molecule has 1 aromatic heterocycles. The lowest BCUT2D eigenvalue weighted by Gasteiger charge is -2.10. The summed E-state index contributed by atoms with van der Waals surface area (Å²) in [7, 11) is 1.56. The molecule has 0 aliphatic rings. The van der Waals surface area contributed by atoms with E-state index in [0.717, 1.165) is 17.8 Å². The van der Waals surface area contributed by atoms with Gasteiger partial charge in [0.2, 0.25) is 5.91 Å². The van der Waals surface area contributed by atoms with Crippen LogP contribution in [-0.2, 0) is 16.1 Å². The van der Waals surface area contributed by atoms with Crippen LogP contribution in [0.2, 0.25) is 0 Å². The van der Waals surface area contributed by atoms with E-state index < -0.39 is 11.6 Å². The molecule has 0 spiro atoms. The standard InChI is InChI=1S/C18H16F2N4O2S/c1-26-10-16-22-23-18(24(16)13-5-3-2-4-6-13)27-11-17(25)21-12-7-8-14(19)15(20)9-12/h2-9H,10-11H2,1H3,(H,21,25). The van der Waals surface area contributed by atoms with E-state index in [4.69, 9.17) is 4.74 Å². The van der Waals surface area contributed by atoms with E-state index in [2.05, 4.69) is 15.5 Å². The van der Waals surface area contributed by atoms with Crippen molar-refractivity contribution in [1.29, 1.82) is 0 Å². The maximum atomic E-state index is 13.2. The topological polar surface area (TPSA) is 69.0 Å². The Kier molecular flexibility index (Phi) is 6.15. The van der Waals surface area contributed by atoms with E-state index >= 15 is 0 Å². The van der Waals surface area contributed by atoms with Gasteiger partial charge in [0.05, 0.1) is 5.75 Å². The minimum absolute atomic E-state index is 0.0247. The summed E-state index contributed by atoms with van der Waals surface area (Å²) in [6.07, 6.45) is 0. The van der Waals surface area contributed by atoms with Crippen molar-refractivity contribution in [2.75, 3.05) is 18.2 Å². The second kappa shape index (κ2) is 8.74. The average Bonchev–Trinajstić information content (AvgIpc) is 3.07. The summed E-state index contributed by atoms with van der Waals surface area (Å²) in [6, 6.07) is 12.6. The van der Waals surface area contributed by atoms with Crippen molar-refractivity contribution < 1.29 is 18.3 Å². The number of hydrogen-bond donors (Lipinski definition) is 1. The van der Waals surface area contributed by atoms with E-state index in [-0.39, 0.29) is 24.0 Å². The summed E-state index contributed by atoms with van der Waals surface area (Å²) in [5.74, 6) is -1.73. The Morgan fingerprint density at radius 3 is 2.63 bits per heavy atom. The lowest BCUT2D eigenvalue weighted by Crippen LogP contribution is -2.15. The highest BCUT2D eigenvalue weighted by Crippen LogP contribution is 2.23. The lowest BCUT2D eigenvalue weighted by atomic mass is 10.3. The number of nitrogens with zero attached hydrogens (tertiary/aromatic N) is 3. The molecule has 3 aromatic rings. The van der Waals surface area contributed by atoms with Crippen molar-refractivity contribution in [3.8, 4) is 5.69 Å². The molecule has 0 radical (unpaired) electrons. The third kappa shape index (κ3) is 4.69. The SMILES string of the molecule is COCc1nnc(SCC(=O)Nc2ccc(F)c(F)c2)n1-c1ccccc1. The number of aromatic nitrogens is 3. The number of anilines is 1. The summed E-state index contributed by atoms with van der Waals surface area (Å²) in [6.45, 7) is 0.267. The van der Waals surface area contributed by atoms with E-state index in [1.54, 1.807) is 11.7 Å². The summed E-state index contributed by atoms with van der Waals surface area (Å²) in [5, 5.41) is 11.3. The number of ether oxygens (including phenoxy) is 1. The minimum atomic E-state index is -1.02. The molecule has 0 unspecified atom stereocenters. The average molecular weight is 390 g/mol. The minimum Gasteiger partial charge on any atom is -0.377 e. The first-order chi connectivity index (χ1) is 13.1. The molecule has 6 nitrogen and oxygen atoms in total. The van der Waals surface area contributed by atoms with Gasteiger partial charge in [0.25, 0.3) is 0 Å². The number of methoxy groups -OCH3 is 1. The molecule has 9 heteroatoms. The molecule has 0 aliphatic heterocycles. The number of benzene rings is 2. The second-order valence-electron chi connectivity index (χ2n) is 5.47. The van der Waals surface area contributed by atoms with Crippen LogP contribution in [0.15, 0.2) is 53.7 Å².